The number of hydrogen-bond donors (Lipinski definition) is 1. The third kappa shape index (κ3) is 3.98. The van der Waals surface area contributed by atoms with Crippen LogP contribution in [0, 0.1) is 11.3 Å². The molecule has 2 rings (SSSR count). The van der Waals surface area contributed by atoms with Gasteiger partial charge in [0.25, 0.3) is 0 Å². The topological polar surface area (TPSA) is 76.0 Å². The fraction of sp³-hybridized carbons (Fsp3) is 0.450. The van der Waals surface area contributed by atoms with Crippen molar-refractivity contribution in [2.24, 2.45) is 16.3 Å². The Kier molecular flexibility index (Phi) is 5.77. The Morgan fingerprint density at radius 3 is 2.48 bits per heavy atom. The first-order chi connectivity index (χ1) is 11.8. The van der Waals surface area contributed by atoms with Crippen molar-refractivity contribution >= 4 is 23.2 Å². The van der Waals surface area contributed by atoms with E-state index in [1.165, 1.54) is 7.11 Å². The summed E-state index contributed by atoms with van der Waals surface area (Å²) in [6.45, 7) is 5.63. The highest BCUT2D eigenvalue weighted by Crippen LogP contribution is 2.43. The van der Waals surface area contributed by atoms with Gasteiger partial charge in [0.15, 0.2) is 5.78 Å². The second-order valence-electron chi connectivity index (χ2n) is 6.95. The van der Waals surface area contributed by atoms with Crippen LogP contribution in [-0.4, -0.2) is 29.7 Å². The smallest absolute Gasteiger partial charge is 0.316 e. The number of hydrogen-bond acceptors (Lipinski definition) is 5. The van der Waals surface area contributed by atoms with Gasteiger partial charge in [0.2, 0.25) is 0 Å². The Morgan fingerprint density at radius 1 is 1.28 bits per heavy atom. The molecule has 1 aliphatic carbocycles. The summed E-state index contributed by atoms with van der Waals surface area (Å²) < 4.78 is 4.85. The minimum Gasteiger partial charge on any atom is -0.511 e. The maximum Gasteiger partial charge on any atom is 0.316 e. The second-order valence-corrected chi connectivity index (χ2v) is 6.95. The molecule has 0 unspecified atom stereocenters. The Hall–Kier alpha value is -2.43. The first-order valence-electron chi connectivity index (χ1n) is 8.49. The maximum atomic E-state index is 12.6. The van der Waals surface area contributed by atoms with Crippen LogP contribution >= 0.6 is 0 Å². The number of carbonyl (C=O) groups excluding carboxylic acids is 2. The molecule has 0 saturated heterocycles. The number of para-hydroxylation sites is 1. The standard InChI is InChI=1S/C20H25NO4/c1-5-9-15(22)16-14(21-13-10-7-6-8-11-13)12-20(2,3)17(18(16)23)19(24)25-4/h6-8,10-11,17,23H,5,9,12H2,1-4H3/t17-/m1/s1. The average molecular weight is 343 g/mol. The van der Waals surface area contributed by atoms with Crippen molar-refractivity contribution in [1.29, 1.82) is 0 Å². The molecule has 0 aromatic heterocycles. The molecule has 0 spiro atoms. The number of aliphatic imine (C=N–C) groups is 1. The average Bonchev–Trinajstić information content (AvgIpc) is 2.54. The molecule has 0 amide bonds. The van der Waals surface area contributed by atoms with Gasteiger partial charge in [-0.1, -0.05) is 39.0 Å². The van der Waals surface area contributed by atoms with Crippen LogP contribution in [0.4, 0.5) is 5.69 Å². The fourth-order valence-electron chi connectivity index (χ4n) is 3.24. The molecule has 1 N–H and O–H groups in total. The third-order valence-electron chi connectivity index (χ3n) is 4.44. The lowest BCUT2D eigenvalue weighted by atomic mass is 9.67. The van der Waals surface area contributed by atoms with E-state index in [1.807, 2.05) is 51.1 Å². The molecule has 1 aromatic rings. The lowest BCUT2D eigenvalue weighted by Crippen LogP contribution is -2.41. The largest absolute Gasteiger partial charge is 0.511 e. The molecule has 0 aliphatic heterocycles. The minimum atomic E-state index is -0.872. The number of esters is 1. The highest BCUT2D eigenvalue weighted by atomic mass is 16.5. The van der Waals surface area contributed by atoms with Crippen molar-refractivity contribution in [2.75, 3.05) is 7.11 Å². The first kappa shape index (κ1) is 18.9. The highest BCUT2D eigenvalue weighted by Gasteiger charge is 2.47. The Balaban J connectivity index is 2.62. The normalized spacial score (nSPS) is 21.3. The molecule has 134 valence electrons. The van der Waals surface area contributed by atoms with Crippen molar-refractivity contribution < 1.29 is 19.4 Å². The molecule has 25 heavy (non-hydrogen) atoms. The van der Waals surface area contributed by atoms with Crippen LogP contribution in [0.1, 0.15) is 40.0 Å². The summed E-state index contributed by atoms with van der Waals surface area (Å²) in [7, 11) is 1.28. The summed E-state index contributed by atoms with van der Waals surface area (Å²) in [5.41, 5.74) is 0.785. The molecule has 0 saturated carbocycles. The number of aliphatic hydroxyl groups is 1. The number of ether oxygens (including phenoxy) is 1. The zero-order valence-corrected chi connectivity index (χ0v) is 15.2. The van der Waals surface area contributed by atoms with Gasteiger partial charge in [0, 0.05) is 6.42 Å². The summed E-state index contributed by atoms with van der Waals surface area (Å²) in [6.07, 6.45) is 1.35. The van der Waals surface area contributed by atoms with E-state index in [4.69, 9.17) is 4.74 Å². The molecule has 0 bridgehead atoms. The Bertz CT molecular complexity index is 716. The molecular weight excluding hydrogens is 318 g/mol. The third-order valence-corrected chi connectivity index (χ3v) is 4.44. The maximum absolute atomic E-state index is 12.6. The number of aliphatic hydroxyl groups excluding tert-OH is 1. The van der Waals surface area contributed by atoms with Gasteiger partial charge in [-0.15, -0.1) is 0 Å². The number of nitrogens with zero attached hydrogens (tertiary/aromatic N) is 1. The van der Waals surface area contributed by atoms with Crippen molar-refractivity contribution in [3.8, 4) is 0 Å². The predicted molar refractivity (Wildman–Crippen MR) is 97.0 cm³/mol. The van der Waals surface area contributed by atoms with E-state index in [0.717, 1.165) is 0 Å². The SMILES string of the molecule is CCCC(=O)C1=C(O)[C@H](C(=O)OC)C(C)(C)CC1=Nc1ccccc1. The van der Waals surface area contributed by atoms with Gasteiger partial charge in [-0.05, 0) is 30.4 Å². The number of allylic oxidation sites excluding steroid dienone is 1. The predicted octanol–water partition coefficient (Wildman–Crippen LogP) is 4.16. The van der Waals surface area contributed by atoms with Crippen molar-refractivity contribution in [1.82, 2.24) is 0 Å². The van der Waals surface area contributed by atoms with Gasteiger partial charge < -0.3 is 9.84 Å². The number of Topliss-reactive ketones (excluding diaryl/α,β-unsaturated/α-hetero) is 1. The fourth-order valence-corrected chi connectivity index (χ4v) is 3.24. The van der Waals surface area contributed by atoms with Crippen LogP contribution < -0.4 is 0 Å². The quantitative estimate of drug-likeness (QED) is 0.815. The molecule has 0 fully saturated rings. The molecule has 5 nitrogen and oxygen atoms in total. The van der Waals surface area contributed by atoms with Crippen molar-refractivity contribution in [3.05, 3.63) is 41.7 Å². The molecule has 1 atom stereocenters. The summed E-state index contributed by atoms with van der Waals surface area (Å²) in [6, 6.07) is 9.29. The number of carbonyl (C=O) groups is 2. The lowest BCUT2D eigenvalue weighted by Gasteiger charge is -2.37. The van der Waals surface area contributed by atoms with Gasteiger partial charge in [0.05, 0.1) is 24.1 Å². The molecule has 1 aliphatic rings. The zero-order valence-electron chi connectivity index (χ0n) is 15.2. The number of methoxy groups -OCH3 is 1. The highest BCUT2D eigenvalue weighted by molar-refractivity contribution is 6.24. The van der Waals surface area contributed by atoms with E-state index in [1.54, 1.807) is 0 Å². The van der Waals surface area contributed by atoms with E-state index >= 15 is 0 Å². The van der Waals surface area contributed by atoms with Gasteiger partial charge in [0.1, 0.15) is 11.7 Å². The van der Waals surface area contributed by atoms with Gasteiger partial charge in [-0.3, -0.25) is 14.6 Å². The summed E-state index contributed by atoms with van der Waals surface area (Å²) in [5, 5.41) is 10.8. The zero-order chi connectivity index (χ0) is 18.6. The van der Waals surface area contributed by atoms with Crippen LogP contribution in [0.15, 0.2) is 46.7 Å². The van der Waals surface area contributed by atoms with E-state index < -0.39 is 17.3 Å². The second kappa shape index (κ2) is 7.64. The van der Waals surface area contributed by atoms with E-state index in [2.05, 4.69) is 4.99 Å². The number of ketones is 1. The summed E-state index contributed by atoms with van der Waals surface area (Å²) in [5.74, 6) is -1.83. The summed E-state index contributed by atoms with van der Waals surface area (Å²) in [4.78, 5) is 29.4. The molecule has 0 radical (unpaired) electrons. The Labute approximate surface area is 148 Å². The number of benzene rings is 1. The minimum absolute atomic E-state index is 0.167. The molecule has 1 aromatic carbocycles. The van der Waals surface area contributed by atoms with Crippen LogP contribution in [0.5, 0.6) is 0 Å². The van der Waals surface area contributed by atoms with Crippen LogP contribution in [0.25, 0.3) is 0 Å². The van der Waals surface area contributed by atoms with Gasteiger partial charge >= 0.3 is 5.97 Å². The van der Waals surface area contributed by atoms with E-state index in [9.17, 15) is 14.7 Å². The summed E-state index contributed by atoms with van der Waals surface area (Å²) >= 11 is 0. The molecular formula is C20H25NO4. The van der Waals surface area contributed by atoms with E-state index in [-0.39, 0.29) is 17.1 Å². The van der Waals surface area contributed by atoms with Crippen LogP contribution in [-0.2, 0) is 14.3 Å². The van der Waals surface area contributed by atoms with Gasteiger partial charge in [-0.25, -0.2) is 0 Å². The molecule has 0 heterocycles. The monoisotopic (exact) mass is 343 g/mol. The molecule has 5 heteroatoms. The van der Waals surface area contributed by atoms with Crippen LogP contribution in [0.3, 0.4) is 0 Å². The number of rotatable bonds is 5. The van der Waals surface area contributed by atoms with E-state index in [0.29, 0.717) is 30.7 Å². The van der Waals surface area contributed by atoms with Crippen LogP contribution in [0.2, 0.25) is 0 Å². The van der Waals surface area contributed by atoms with Gasteiger partial charge in [-0.2, -0.15) is 0 Å². The van der Waals surface area contributed by atoms with Crippen molar-refractivity contribution in [2.45, 2.75) is 40.0 Å². The van der Waals surface area contributed by atoms with Crippen molar-refractivity contribution in [3.63, 3.8) is 0 Å². The lowest BCUT2D eigenvalue weighted by molar-refractivity contribution is -0.149. The first-order valence-corrected chi connectivity index (χ1v) is 8.49. The Morgan fingerprint density at radius 2 is 1.92 bits per heavy atom.